The molecule has 0 radical (unpaired) electrons. The highest BCUT2D eigenvalue weighted by Crippen LogP contribution is 2.14. The molecular weight excluding hydrogens is 408 g/mol. The number of guanidine groups is 1. The molecule has 0 fully saturated rings. The van der Waals surface area contributed by atoms with Crippen LogP contribution < -0.4 is 15.4 Å². The van der Waals surface area contributed by atoms with Crippen LogP contribution in [0.4, 0.5) is 0 Å². The Morgan fingerprint density at radius 1 is 1.03 bits per heavy atom. The highest BCUT2D eigenvalue weighted by atomic mass is 35.5. The Bertz CT molecular complexity index is 913. The van der Waals surface area contributed by atoms with Gasteiger partial charge >= 0.3 is 0 Å². The molecule has 0 bridgehead atoms. The molecule has 0 aliphatic heterocycles. The van der Waals surface area contributed by atoms with E-state index in [1.54, 1.807) is 13.8 Å². The van der Waals surface area contributed by atoms with Gasteiger partial charge in [-0.05, 0) is 43.5 Å². The molecule has 158 valence electrons. The lowest BCUT2D eigenvalue weighted by molar-refractivity contribution is 0.569. The van der Waals surface area contributed by atoms with Gasteiger partial charge in [-0.1, -0.05) is 54.1 Å². The maximum Gasteiger partial charge on any atom is 0.216 e. The van der Waals surface area contributed by atoms with Crippen molar-refractivity contribution in [3.63, 3.8) is 0 Å². The molecule has 0 atom stereocenters. The number of nitrogens with one attached hydrogen (secondary N) is 3. The van der Waals surface area contributed by atoms with Gasteiger partial charge < -0.3 is 10.6 Å². The molecule has 0 aliphatic carbocycles. The van der Waals surface area contributed by atoms with E-state index >= 15 is 0 Å². The van der Waals surface area contributed by atoms with Crippen molar-refractivity contribution in [1.82, 2.24) is 15.4 Å². The van der Waals surface area contributed by atoms with E-state index in [0.29, 0.717) is 24.1 Å². The van der Waals surface area contributed by atoms with Crippen LogP contribution in [0.15, 0.2) is 53.5 Å². The molecule has 0 aliphatic rings. The average molecular weight is 437 g/mol. The highest BCUT2D eigenvalue weighted by Gasteiger charge is 2.12. The average Bonchev–Trinajstić information content (AvgIpc) is 2.65. The third-order valence-electron chi connectivity index (χ3n) is 3.96. The predicted octanol–water partition coefficient (Wildman–Crippen LogP) is 3.42. The summed E-state index contributed by atoms with van der Waals surface area (Å²) in [6.07, 6.45) is 0. The third kappa shape index (κ3) is 8.43. The first kappa shape index (κ1) is 23.2. The van der Waals surface area contributed by atoms with Crippen LogP contribution in [0.5, 0.6) is 0 Å². The van der Waals surface area contributed by atoms with Crippen molar-refractivity contribution in [3.05, 3.63) is 70.2 Å². The normalized spacial score (nSPS) is 12.2. The van der Waals surface area contributed by atoms with Crippen LogP contribution >= 0.6 is 11.6 Å². The Hall–Kier alpha value is -2.09. The largest absolute Gasteiger partial charge is 0.357 e. The monoisotopic (exact) mass is 436 g/mol. The van der Waals surface area contributed by atoms with Crippen LogP contribution in [0.25, 0.3) is 0 Å². The second-order valence-corrected chi connectivity index (χ2v) is 9.15. The van der Waals surface area contributed by atoms with Crippen LogP contribution in [0.1, 0.15) is 37.5 Å². The summed E-state index contributed by atoms with van der Waals surface area (Å²) in [4.78, 5) is 4.59. The van der Waals surface area contributed by atoms with Crippen LogP contribution in [0, 0.1) is 0 Å². The van der Waals surface area contributed by atoms with E-state index < -0.39 is 10.0 Å². The number of sulfonamides is 1. The minimum absolute atomic E-state index is 0.0310. The number of hydrogen-bond donors (Lipinski definition) is 3. The van der Waals surface area contributed by atoms with Gasteiger partial charge in [0, 0.05) is 24.2 Å². The van der Waals surface area contributed by atoms with E-state index in [-0.39, 0.29) is 11.8 Å². The summed E-state index contributed by atoms with van der Waals surface area (Å²) in [6, 6.07) is 15.0. The zero-order valence-electron chi connectivity index (χ0n) is 17.1. The van der Waals surface area contributed by atoms with Crippen molar-refractivity contribution >= 4 is 27.6 Å². The van der Waals surface area contributed by atoms with E-state index in [4.69, 9.17) is 11.6 Å². The van der Waals surface area contributed by atoms with Crippen molar-refractivity contribution in [3.8, 4) is 0 Å². The van der Waals surface area contributed by atoms with Gasteiger partial charge in [0.1, 0.15) is 0 Å². The fraction of sp³-hybridized carbons (Fsp3) is 0.381. The van der Waals surface area contributed by atoms with Gasteiger partial charge in [0.2, 0.25) is 10.0 Å². The van der Waals surface area contributed by atoms with Gasteiger partial charge in [-0.3, -0.25) is 0 Å². The summed E-state index contributed by atoms with van der Waals surface area (Å²) in [5, 5.41) is 7.20. The van der Waals surface area contributed by atoms with E-state index in [2.05, 4.69) is 20.3 Å². The highest BCUT2D eigenvalue weighted by molar-refractivity contribution is 7.88. The predicted molar refractivity (Wildman–Crippen MR) is 120 cm³/mol. The Morgan fingerprint density at radius 3 is 2.31 bits per heavy atom. The van der Waals surface area contributed by atoms with Gasteiger partial charge in [-0.25, -0.2) is 18.1 Å². The summed E-state index contributed by atoms with van der Waals surface area (Å²) in [6.45, 7) is 7.42. The number of aliphatic imine (C=N–C) groups is 1. The molecule has 0 unspecified atom stereocenters. The van der Waals surface area contributed by atoms with Gasteiger partial charge in [0.25, 0.3) is 0 Å². The van der Waals surface area contributed by atoms with Gasteiger partial charge in [-0.2, -0.15) is 0 Å². The molecule has 3 N–H and O–H groups in total. The van der Waals surface area contributed by atoms with E-state index in [1.807, 2.05) is 55.5 Å². The smallest absolute Gasteiger partial charge is 0.216 e. The lowest BCUT2D eigenvalue weighted by Crippen LogP contribution is -2.36. The van der Waals surface area contributed by atoms with Gasteiger partial charge in [0.15, 0.2) is 5.96 Å². The zero-order valence-corrected chi connectivity index (χ0v) is 18.6. The van der Waals surface area contributed by atoms with Crippen molar-refractivity contribution in [2.75, 3.05) is 6.54 Å². The van der Waals surface area contributed by atoms with Crippen molar-refractivity contribution < 1.29 is 8.42 Å². The second-order valence-electron chi connectivity index (χ2n) is 6.99. The molecule has 0 saturated heterocycles. The molecule has 2 aromatic carbocycles. The maximum absolute atomic E-state index is 12.0. The number of rotatable bonds is 9. The number of hydrogen-bond acceptors (Lipinski definition) is 3. The first-order valence-electron chi connectivity index (χ1n) is 9.62. The molecule has 0 aromatic heterocycles. The summed E-state index contributed by atoms with van der Waals surface area (Å²) in [5.74, 6) is 0.664. The summed E-state index contributed by atoms with van der Waals surface area (Å²) >= 11 is 6.20. The molecule has 0 heterocycles. The first-order valence-corrected chi connectivity index (χ1v) is 11.7. The van der Waals surface area contributed by atoms with E-state index in [0.717, 1.165) is 23.2 Å². The van der Waals surface area contributed by atoms with E-state index in [1.165, 1.54) is 0 Å². The topological polar surface area (TPSA) is 82.6 Å². The summed E-state index contributed by atoms with van der Waals surface area (Å²) < 4.78 is 26.7. The van der Waals surface area contributed by atoms with Crippen molar-refractivity contribution in [1.29, 1.82) is 0 Å². The quantitative estimate of drug-likeness (QED) is 0.415. The summed E-state index contributed by atoms with van der Waals surface area (Å²) in [7, 11) is -3.33. The Balaban J connectivity index is 1.97. The lowest BCUT2D eigenvalue weighted by atomic mass is 10.1. The Kier molecular flexibility index (Phi) is 8.95. The fourth-order valence-electron chi connectivity index (χ4n) is 2.69. The number of benzene rings is 2. The Morgan fingerprint density at radius 2 is 1.69 bits per heavy atom. The number of halogens is 1. The fourth-order valence-corrected chi connectivity index (χ4v) is 4.33. The Labute approximate surface area is 178 Å². The molecule has 8 heteroatoms. The standard InChI is InChI=1S/C21H29ClN4O2S/c1-4-23-21(25-14-19-7-5-6-8-20(19)22)24-13-17-9-11-18(12-10-17)15-29(27,28)26-16(2)3/h5-12,16,26H,4,13-15H2,1-3H3,(H2,23,24,25). The van der Waals surface area contributed by atoms with Crippen LogP contribution in [-0.4, -0.2) is 27.0 Å². The lowest BCUT2D eigenvalue weighted by Gasteiger charge is -2.12. The van der Waals surface area contributed by atoms with Crippen LogP contribution in [-0.2, 0) is 28.9 Å². The second kappa shape index (κ2) is 11.2. The third-order valence-corrected chi connectivity index (χ3v) is 5.88. The molecule has 6 nitrogen and oxygen atoms in total. The minimum Gasteiger partial charge on any atom is -0.357 e. The molecule has 0 spiro atoms. The van der Waals surface area contributed by atoms with Crippen molar-refractivity contribution in [2.45, 2.75) is 45.7 Å². The summed E-state index contributed by atoms with van der Waals surface area (Å²) in [5.41, 5.74) is 2.74. The van der Waals surface area contributed by atoms with E-state index in [9.17, 15) is 8.42 Å². The van der Waals surface area contributed by atoms with Gasteiger partial charge in [-0.15, -0.1) is 0 Å². The molecular formula is C21H29ClN4O2S. The van der Waals surface area contributed by atoms with Crippen LogP contribution in [0.2, 0.25) is 5.02 Å². The number of nitrogens with zero attached hydrogens (tertiary/aromatic N) is 1. The molecule has 29 heavy (non-hydrogen) atoms. The molecule has 0 amide bonds. The molecule has 2 aromatic rings. The van der Waals surface area contributed by atoms with Crippen LogP contribution in [0.3, 0.4) is 0 Å². The van der Waals surface area contributed by atoms with Gasteiger partial charge in [0.05, 0.1) is 12.3 Å². The maximum atomic E-state index is 12.0. The first-order chi connectivity index (χ1) is 13.8. The van der Waals surface area contributed by atoms with Crippen molar-refractivity contribution in [2.24, 2.45) is 4.99 Å². The SMILES string of the molecule is CCNC(=NCc1ccc(CS(=O)(=O)NC(C)C)cc1)NCc1ccccc1Cl. The minimum atomic E-state index is -3.33. The molecule has 2 rings (SSSR count). The molecule has 0 saturated carbocycles. The zero-order chi connectivity index (χ0) is 21.3.